The molecule has 0 spiro atoms. The second-order valence-electron chi connectivity index (χ2n) is 4.70. The van der Waals surface area contributed by atoms with Gasteiger partial charge in [0.25, 0.3) is 5.91 Å². The molecule has 1 aliphatic heterocycles. The molecule has 2 N–H and O–H groups in total. The number of aryl methyl sites for hydroxylation is 1. The largest absolute Gasteiger partial charge is 0.484 e. The topological polar surface area (TPSA) is 50.4 Å². The van der Waals surface area contributed by atoms with Crippen LogP contribution in [-0.2, 0) is 4.79 Å². The zero-order valence-corrected chi connectivity index (χ0v) is 12.5. The summed E-state index contributed by atoms with van der Waals surface area (Å²) in [5.74, 6) is 0.650. The number of halogens is 1. The van der Waals surface area contributed by atoms with Crippen molar-refractivity contribution in [1.82, 2.24) is 10.6 Å². The number of hydrogen-bond acceptors (Lipinski definition) is 3. The van der Waals surface area contributed by atoms with Crippen molar-refractivity contribution in [3.63, 3.8) is 0 Å². The fourth-order valence-electron chi connectivity index (χ4n) is 1.95. The minimum absolute atomic E-state index is 0. The second kappa shape index (κ2) is 8.61. The van der Waals surface area contributed by atoms with E-state index in [2.05, 4.69) is 16.7 Å². The highest BCUT2D eigenvalue weighted by atomic mass is 35.5. The SMILES string of the molecule is Cc1cccc(OCC(=O)NCC2=CCNCC2)c1.Cl. The molecule has 0 radical (unpaired) electrons. The van der Waals surface area contributed by atoms with Gasteiger partial charge in [-0.15, -0.1) is 12.4 Å². The van der Waals surface area contributed by atoms with E-state index in [-0.39, 0.29) is 24.9 Å². The van der Waals surface area contributed by atoms with Gasteiger partial charge in [-0.3, -0.25) is 4.79 Å². The second-order valence-corrected chi connectivity index (χ2v) is 4.70. The molecule has 0 atom stereocenters. The zero-order valence-electron chi connectivity index (χ0n) is 11.6. The molecule has 1 heterocycles. The van der Waals surface area contributed by atoms with E-state index in [1.165, 1.54) is 5.57 Å². The van der Waals surface area contributed by atoms with Crippen LogP contribution in [0.25, 0.3) is 0 Å². The predicted octanol–water partition coefficient (Wildman–Crippen LogP) is 1.83. The zero-order chi connectivity index (χ0) is 13.5. The molecule has 0 bridgehead atoms. The van der Waals surface area contributed by atoms with Crippen LogP contribution in [0.3, 0.4) is 0 Å². The average Bonchev–Trinajstić information content (AvgIpc) is 2.44. The van der Waals surface area contributed by atoms with Gasteiger partial charge < -0.3 is 15.4 Å². The standard InChI is InChI=1S/C15H20N2O2.ClH/c1-12-3-2-4-14(9-12)19-11-15(18)17-10-13-5-7-16-8-6-13;/h2-5,9,16H,6-8,10-11H2,1H3,(H,17,18);1H. The summed E-state index contributed by atoms with van der Waals surface area (Å²) in [7, 11) is 0. The van der Waals surface area contributed by atoms with Gasteiger partial charge in [0.15, 0.2) is 6.61 Å². The Hall–Kier alpha value is -1.52. The van der Waals surface area contributed by atoms with Crippen LogP contribution in [0.4, 0.5) is 0 Å². The number of carbonyl (C=O) groups excluding carboxylic acids is 1. The summed E-state index contributed by atoms with van der Waals surface area (Å²) in [5.41, 5.74) is 2.40. The average molecular weight is 297 g/mol. The molecule has 0 saturated heterocycles. The third kappa shape index (κ3) is 5.63. The maximum Gasteiger partial charge on any atom is 0.258 e. The molecule has 5 heteroatoms. The third-order valence-corrected chi connectivity index (χ3v) is 3.03. The van der Waals surface area contributed by atoms with E-state index in [0.717, 1.165) is 30.8 Å². The Morgan fingerprint density at radius 2 is 2.30 bits per heavy atom. The van der Waals surface area contributed by atoms with Gasteiger partial charge in [0, 0.05) is 13.1 Å². The van der Waals surface area contributed by atoms with Crippen LogP contribution in [0.5, 0.6) is 5.75 Å². The monoisotopic (exact) mass is 296 g/mol. The molecule has 1 aliphatic rings. The normalized spacial score (nSPS) is 13.9. The van der Waals surface area contributed by atoms with E-state index < -0.39 is 0 Å². The van der Waals surface area contributed by atoms with Gasteiger partial charge in [-0.25, -0.2) is 0 Å². The van der Waals surface area contributed by atoms with Gasteiger partial charge in [-0.2, -0.15) is 0 Å². The van der Waals surface area contributed by atoms with Gasteiger partial charge in [0.05, 0.1) is 0 Å². The van der Waals surface area contributed by atoms with Crippen LogP contribution in [-0.4, -0.2) is 32.1 Å². The molecule has 1 aromatic carbocycles. The van der Waals surface area contributed by atoms with Crippen molar-refractivity contribution in [2.24, 2.45) is 0 Å². The lowest BCUT2D eigenvalue weighted by Crippen LogP contribution is -2.32. The molecule has 0 fully saturated rings. The van der Waals surface area contributed by atoms with E-state index in [1.807, 2.05) is 31.2 Å². The van der Waals surface area contributed by atoms with Gasteiger partial charge in [0.2, 0.25) is 0 Å². The Labute approximate surface area is 126 Å². The van der Waals surface area contributed by atoms with E-state index in [4.69, 9.17) is 4.74 Å². The van der Waals surface area contributed by atoms with Crippen LogP contribution in [0.1, 0.15) is 12.0 Å². The lowest BCUT2D eigenvalue weighted by molar-refractivity contribution is -0.122. The smallest absolute Gasteiger partial charge is 0.258 e. The molecule has 0 saturated carbocycles. The first-order valence-corrected chi connectivity index (χ1v) is 6.59. The first kappa shape index (κ1) is 16.5. The van der Waals surface area contributed by atoms with Crippen LogP contribution in [0.15, 0.2) is 35.9 Å². The molecule has 0 unspecified atom stereocenters. The van der Waals surface area contributed by atoms with Crippen LogP contribution >= 0.6 is 12.4 Å². The first-order valence-electron chi connectivity index (χ1n) is 6.59. The first-order chi connectivity index (χ1) is 9.24. The summed E-state index contributed by atoms with van der Waals surface area (Å²) < 4.78 is 5.44. The van der Waals surface area contributed by atoms with Crippen LogP contribution in [0.2, 0.25) is 0 Å². The summed E-state index contributed by atoms with van der Waals surface area (Å²) >= 11 is 0. The fraction of sp³-hybridized carbons (Fsp3) is 0.400. The summed E-state index contributed by atoms with van der Waals surface area (Å²) in [6.45, 7) is 4.57. The predicted molar refractivity (Wildman–Crippen MR) is 82.5 cm³/mol. The molecule has 1 aromatic rings. The van der Waals surface area contributed by atoms with Gasteiger partial charge in [0.1, 0.15) is 5.75 Å². The van der Waals surface area contributed by atoms with Crippen molar-refractivity contribution in [1.29, 1.82) is 0 Å². The number of benzene rings is 1. The van der Waals surface area contributed by atoms with Gasteiger partial charge in [-0.1, -0.05) is 23.8 Å². The Morgan fingerprint density at radius 1 is 1.45 bits per heavy atom. The Kier molecular flexibility index (Phi) is 7.12. The minimum Gasteiger partial charge on any atom is -0.484 e. The van der Waals surface area contributed by atoms with E-state index >= 15 is 0 Å². The fourth-order valence-corrected chi connectivity index (χ4v) is 1.95. The quantitative estimate of drug-likeness (QED) is 0.815. The Morgan fingerprint density at radius 3 is 3.00 bits per heavy atom. The molecule has 1 amide bonds. The lowest BCUT2D eigenvalue weighted by Gasteiger charge is -2.14. The van der Waals surface area contributed by atoms with Crippen molar-refractivity contribution in [3.05, 3.63) is 41.5 Å². The summed E-state index contributed by atoms with van der Waals surface area (Å²) in [6.07, 6.45) is 3.13. The number of hydrogen-bond donors (Lipinski definition) is 2. The Balaban J connectivity index is 0.00000200. The molecular formula is C15H21ClN2O2. The number of ether oxygens (including phenoxy) is 1. The summed E-state index contributed by atoms with van der Waals surface area (Å²) in [5, 5.41) is 6.12. The molecule has 2 rings (SSSR count). The van der Waals surface area contributed by atoms with E-state index in [0.29, 0.717) is 6.54 Å². The van der Waals surface area contributed by atoms with Gasteiger partial charge >= 0.3 is 0 Å². The lowest BCUT2D eigenvalue weighted by atomic mass is 10.1. The van der Waals surface area contributed by atoms with E-state index in [1.54, 1.807) is 0 Å². The molecule has 4 nitrogen and oxygen atoms in total. The number of carbonyl (C=O) groups is 1. The van der Waals surface area contributed by atoms with E-state index in [9.17, 15) is 4.79 Å². The number of amides is 1. The molecule has 20 heavy (non-hydrogen) atoms. The maximum atomic E-state index is 11.7. The van der Waals surface area contributed by atoms with Crippen molar-refractivity contribution < 1.29 is 9.53 Å². The Bertz CT molecular complexity index is 475. The number of nitrogens with one attached hydrogen (secondary N) is 2. The van der Waals surface area contributed by atoms with Crippen molar-refractivity contribution in [2.45, 2.75) is 13.3 Å². The molecule has 110 valence electrons. The van der Waals surface area contributed by atoms with Crippen molar-refractivity contribution >= 4 is 18.3 Å². The van der Waals surface area contributed by atoms with Crippen molar-refractivity contribution in [2.75, 3.05) is 26.2 Å². The molecular weight excluding hydrogens is 276 g/mol. The molecule has 0 aliphatic carbocycles. The number of rotatable bonds is 5. The van der Waals surface area contributed by atoms with Crippen LogP contribution in [0, 0.1) is 6.92 Å². The minimum atomic E-state index is -0.0825. The third-order valence-electron chi connectivity index (χ3n) is 3.03. The summed E-state index contributed by atoms with van der Waals surface area (Å²) in [6, 6.07) is 7.69. The maximum absolute atomic E-state index is 11.7. The highest BCUT2D eigenvalue weighted by molar-refractivity contribution is 5.85. The highest BCUT2D eigenvalue weighted by Crippen LogP contribution is 2.11. The van der Waals surface area contributed by atoms with Crippen molar-refractivity contribution in [3.8, 4) is 5.75 Å². The van der Waals surface area contributed by atoms with Crippen LogP contribution < -0.4 is 15.4 Å². The van der Waals surface area contributed by atoms with Gasteiger partial charge in [-0.05, 0) is 37.6 Å². The molecule has 0 aromatic heterocycles. The summed E-state index contributed by atoms with van der Waals surface area (Å²) in [4.78, 5) is 11.7. The highest BCUT2D eigenvalue weighted by Gasteiger charge is 2.06.